The molecule has 1 saturated heterocycles. The van der Waals surface area contributed by atoms with Gasteiger partial charge in [0, 0.05) is 49.0 Å². The Morgan fingerprint density at radius 2 is 1.84 bits per heavy atom. The molecule has 1 N–H and O–H groups in total. The number of likely N-dealkylation sites (N-methyl/N-ethyl adjacent to an activating group) is 1. The summed E-state index contributed by atoms with van der Waals surface area (Å²) in [5.41, 5.74) is 1.60. The van der Waals surface area contributed by atoms with E-state index in [4.69, 9.17) is 4.74 Å². The third kappa shape index (κ3) is 4.75. The molecule has 2 atom stereocenters. The van der Waals surface area contributed by atoms with Crippen molar-refractivity contribution in [1.82, 2.24) is 4.31 Å². The van der Waals surface area contributed by atoms with Crippen LogP contribution in [0.5, 0.6) is 0 Å². The summed E-state index contributed by atoms with van der Waals surface area (Å²) in [4.78, 5) is 37.4. The van der Waals surface area contributed by atoms with Crippen molar-refractivity contribution >= 4 is 33.2 Å². The van der Waals surface area contributed by atoms with E-state index in [-0.39, 0.29) is 6.42 Å². The van der Waals surface area contributed by atoms with E-state index < -0.39 is 68.0 Å². The number of nitro benzene ring substituents is 1. The standard InChI is InChI=1S/C25H27N3O8S/c1-25(2)18-8-4-5-9-19(18)26(3)23(25)13-17(30)15-36-24(31)21-12-16(29)14-27(21)37(34,35)22-11-7-6-10-20(22)28(32)33/h4-11,13,16,21,29H,12,14-15H2,1-3H3/t16?,21-/m0/s1. The van der Waals surface area contributed by atoms with E-state index in [0.717, 1.165) is 23.4 Å². The zero-order valence-corrected chi connectivity index (χ0v) is 21.3. The van der Waals surface area contributed by atoms with E-state index in [1.807, 2.05) is 50.1 Å². The fourth-order valence-corrected chi connectivity index (χ4v) is 6.69. The van der Waals surface area contributed by atoms with Gasteiger partial charge in [0.15, 0.2) is 17.3 Å². The Kier molecular flexibility index (Phi) is 6.93. The minimum absolute atomic E-state index is 0.265. The van der Waals surface area contributed by atoms with E-state index in [2.05, 4.69) is 0 Å². The molecule has 2 aliphatic rings. The molecule has 2 aliphatic heterocycles. The predicted molar refractivity (Wildman–Crippen MR) is 133 cm³/mol. The van der Waals surface area contributed by atoms with Gasteiger partial charge >= 0.3 is 5.97 Å². The minimum atomic E-state index is -4.52. The molecule has 2 heterocycles. The van der Waals surface area contributed by atoms with Gasteiger partial charge in [-0.2, -0.15) is 4.31 Å². The first kappa shape index (κ1) is 26.5. The van der Waals surface area contributed by atoms with Crippen LogP contribution in [0.4, 0.5) is 11.4 Å². The molecule has 2 aromatic rings. The molecule has 4 rings (SSSR count). The number of hydrogen-bond acceptors (Lipinski definition) is 9. The van der Waals surface area contributed by atoms with E-state index in [1.54, 1.807) is 0 Å². The fourth-order valence-electron chi connectivity index (χ4n) is 4.91. The Balaban J connectivity index is 1.50. The summed E-state index contributed by atoms with van der Waals surface area (Å²) in [5, 5.41) is 21.5. The molecule has 0 bridgehead atoms. The highest BCUT2D eigenvalue weighted by Gasteiger charge is 2.46. The highest BCUT2D eigenvalue weighted by atomic mass is 32.2. The van der Waals surface area contributed by atoms with E-state index >= 15 is 0 Å². The number of allylic oxidation sites excluding steroid dienone is 1. The smallest absolute Gasteiger partial charge is 0.325 e. The van der Waals surface area contributed by atoms with Crippen LogP contribution in [0.25, 0.3) is 0 Å². The van der Waals surface area contributed by atoms with E-state index in [9.17, 15) is 33.2 Å². The van der Waals surface area contributed by atoms with Gasteiger partial charge in [-0.3, -0.25) is 19.7 Å². The molecule has 1 unspecified atom stereocenters. The Morgan fingerprint density at radius 1 is 1.19 bits per heavy atom. The van der Waals surface area contributed by atoms with Gasteiger partial charge in [-0.25, -0.2) is 8.42 Å². The van der Waals surface area contributed by atoms with Crippen molar-refractivity contribution in [3.63, 3.8) is 0 Å². The Bertz CT molecular complexity index is 1400. The molecule has 37 heavy (non-hydrogen) atoms. The molecular formula is C25H27N3O8S. The van der Waals surface area contributed by atoms with Gasteiger partial charge in [0.2, 0.25) is 0 Å². The number of hydrogen-bond donors (Lipinski definition) is 1. The van der Waals surface area contributed by atoms with Crippen molar-refractivity contribution in [3.8, 4) is 0 Å². The quantitative estimate of drug-likeness (QED) is 0.246. The monoisotopic (exact) mass is 529 g/mol. The van der Waals surface area contributed by atoms with Crippen molar-refractivity contribution in [2.24, 2.45) is 0 Å². The third-order valence-corrected chi connectivity index (χ3v) is 8.67. The number of nitro groups is 1. The molecule has 2 aromatic carbocycles. The summed E-state index contributed by atoms with van der Waals surface area (Å²) in [6.07, 6.45) is -0.0446. The number of ether oxygens (including phenoxy) is 1. The summed E-state index contributed by atoms with van der Waals surface area (Å²) in [6, 6.07) is 11.1. The van der Waals surface area contributed by atoms with Crippen LogP contribution in [0.1, 0.15) is 25.8 Å². The van der Waals surface area contributed by atoms with Crippen molar-refractivity contribution in [1.29, 1.82) is 0 Å². The fraction of sp³-hybridized carbons (Fsp3) is 0.360. The first-order valence-corrected chi connectivity index (χ1v) is 13.0. The van der Waals surface area contributed by atoms with Gasteiger partial charge in [0.25, 0.3) is 15.7 Å². The highest BCUT2D eigenvalue weighted by molar-refractivity contribution is 7.89. The zero-order chi connectivity index (χ0) is 27.1. The molecule has 0 aliphatic carbocycles. The topological polar surface area (TPSA) is 147 Å². The number of nitrogens with zero attached hydrogens (tertiary/aromatic N) is 3. The normalized spacial score (nSPS) is 22.2. The number of β-amino-alcohol motifs (C(OH)–C–C–N with tert-alkyl or cyclic N) is 1. The number of sulfonamides is 1. The summed E-state index contributed by atoms with van der Waals surface area (Å²) < 4.78 is 32.3. The molecule has 0 amide bonds. The Hall–Kier alpha value is -3.61. The number of carbonyl (C=O) groups excluding carboxylic acids is 2. The van der Waals surface area contributed by atoms with Crippen molar-refractivity contribution < 1.29 is 32.8 Å². The number of benzene rings is 2. The van der Waals surface area contributed by atoms with Crippen molar-refractivity contribution in [2.45, 2.75) is 42.7 Å². The average Bonchev–Trinajstić information content (AvgIpc) is 3.35. The summed E-state index contributed by atoms with van der Waals surface area (Å²) >= 11 is 0. The number of anilines is 1. The summed E-state index contributed by atoms with van der Waals surface area (Å²) in [5.74, 6) is -1.52. The van der Waals surface area contributed by atoms with Crippen LogP contribution < -0.4 is 4.90 Å². The SMILES string of the molecule is CN1C(=CC(=O)COC(=O)[C@@H]2CC(O)CN2S(=O)(=O)c2ccccc2[N+](=O)[O-])C(C)(C)c2ccccc21. The maximum atomic E-state index is 13.2. The number of rotatable bonds is 7. The number of aliphatic hydroxyl groups is 1. The number of para-hydroxylation sites is 2. The zero-order valence-electron chi connectivity index (χ0n) is 20.5. The number of ketones is 1. The number of aliphatic hydroxyl groups excluding tert-OH is 1. The van der Waals surface area contributed by atoms with Crippen LogP contribution in [0.2, 0.25) is 0 Å². The number of carbonyl (C=O) groups is 2. The van der Waals surface area contributed by atoms with Crippen LogP contribution in [0.3, 0.4) is 0 Å². The van der Waals surface area contributed by atoms with E-state index in [1.165, 1.54) is 18.2 Å². The molecule has 12 heteroatoms. The lowest BCUT2D eigenvalue weighted by Gasteiger charge is -2.24. The number of fused-ring (bicyclic) bond motifs is 1. The Labute approximate surface area is 214 Å². The molecule has 0 aromatic heterocycles. The predicted octanol–water partition coefficient (Wildman–Crippen LogP) is 2.14. The van der Waals surface area contributed by atoms with Crippen LogP contribution in [0.15, 0.2) is 65.2 Å². The lowest BCUT2D eigenvalue weighted by molar-refractivity contribution is -0.387. The molecule has 0 spiro atoms. The average molecular weight is 530 g/mol. The van der Waals surface area contributed by atoms with Crippen LogP contribution in [-0.4, -0.2) is 66.9 Å². The van der Waals surface area contributed by atoms with Gasteiger partial charge in [0.05, 0.1) is 11.0 Å². The molecule has 196 valence electrons. The lowest BCUT2D eigenvalue weighted by atomic mass is 9.83. The van der Waals surface area contributed by atoms with Crippen LogP contribution in [-0.2, 0) is 29.8 Å². The second-order valence-electron chi connectivity index (χ2n) is 9.51. The lowest BCUT2D eigenvalue weighted by Crippen LogP contribution is -2.42. The first-order valence-electron chi connectivity index (χ1n) is 11.5. The summed E-state index contributed by atoms with van der Waals surface area (Å²) in [7, 11) is -2.69. The van der Waals surface area contributed by atoms with Gasteiger partial charge in [-0.15, -0.1) is 0 Å². The second kappa shape index (κ2) is 9.69. The van der Waals surface area contributed by atoms with Crippen molar-refractivity contribution in [2.75, 3.05) is 25.1 Å². The largest absolute Gasteiger partial charge is 0.456 e. The van der Waals surface area contributed by atoms with Gasteiger partial charge < -0.3 is 14.7 Å². The molecular weight excluding hydrogens is 502 g/mol. The maximum Gasteiger partial charge on any atom is 0.325 e. The maximum absolute atomic E-state index is 13.2. The molecule has 0 radical (unpaired) electrons. The van der Waals surface area contributed by atoms with Gasteiger partial charge in [-0.05, 0) is 17.7 Å². The van der Waals surface area contributed by atoms with E-state index in [0.29, 0.717) is 10.0 Å². The Morgan fingerprint density at radius 3 is 2.51 bits per heavy atom. The molecule has 11 nitrogen and oxygen atoms in total. The minimum Gasteiger partial charge on any atom is -0.456 e. The van der Waals surface area contributed by atoms with Crippen LogP contribution in [0, 0.1) is 10.1 Å². The molecule has 1 fully saturated rings. The van der Waals surface area contributed by atoms with Gasteiger partial charge in [-0.1, -0.05) is 44.2 Å². The van der Waals surface area contributed by atoms with Crippen molar-refractivity contribution in [3.05, 3.63) is 76.0 Å². The highest BCUT2D eigenvalue weighted by Crippen LogP contribution is 2.46. The second-order valence-corrected chi connectivity index (χ2v) is 11.4. The van der Waals surface area contributed by atoms with Gasteiger partial charge in [0.1, 0.15) is 6.04 Å². The third-order valence-electron chi connectivity index (χ3n) is 6.75. The number of esters is 1. The summed E-state index contributed by atoms with van der Waals surface area (Å²) in [6.45, 7) is 2.88. The van der Waals surface area contributed by atoms with Crippen LogP contribution >= 0.6 is 0 Å². The first-order chi connectivity index (χ1) is 17.4. The molecule has 0 saturated carbocycles.